The summed E-state index contributed by atoms with van der Waals surface area (Å²) < 4.78 is 17.0. The fourth-order valence-corrected chi connectivity index (χ4v) is 4.63. The molecule has 2 fully saturated rings. The minimum atomic E-state index is -0.0592. The van der Waals surface area contributed by atoms with Crippen LogP contribution in [0.4, 0.5) is 0 Å². The smallest absolute Gasteiger partial charge is 0.226 e. The zero-order chi connectivity index (χ0) is 21.6. The SMILES string of the molecule is COC[C@H]1C[C@@H](C(=O)NC[C@H]2CCCO2)CN(Cc2nc(-c3ccccc3)oc2C)C1. The predicted octanol–water partition coefficient (Wildman–Crippen LogP) is 3.03. The Balaban J connectivity index is 1.40. The second kappa shape index (κ2) is 10.4. The Bertz CT molecular complexity index is 848. The van der Waals surface area contributed by atoms with Crippen LogP contribution >= 0.6 is 0 Å². The first-order chi connectivity index (χ1) is 15.1. The summed E-state index contributed by atoms with van der Waals surface area (Å²) in [5, 5.41) is 3.11. The van der Waals surface area contributed by atoms with Gasteiger partial charge in [0.15, 0.2) is 0 Å². The van der Waals surface area contributed by atoms with Crippen molar-refractivity contribution in [1.82, 2.24) is 15.2 Å². The third-order valence-corrected chi connectivity index (χ3v) is 6.20. The summed E-state index contributed by atoms with van der Waals surface area (Å²) in [5.41, 5.74) is 1.90. The van der Waals surface area contributed by atoms with E-state index in [-0.39, 0.29) is 17.9 Å². The molecule has 7 nitrogen and oxygen atoms in total. The number of likely N-dealkylation sites (tertiary alicyclic amines) is 1. The highest BCUT2D eigenvalue weighted by Gasteiger charge is 2.32. The number of carbonyl (C=O) groups is 1. The van der Waals surface area contributed by atoms with Gasteiger partial charge < -0.3 is 19.2 Å². The fraction of sp³-hybridized carbons (Fsp3) is 0.583. The predicted molar refractivity (Wildman–Crippen MR) is 117 cm³/mol. The van der Waals surface area contributed by atoms with E-state index in [1.807, 2.05) is 37.3 Å². The monoisotopic (exact) mass is 427 g/mol. The molecule has 2 aromatic rings. The van der Waals surface area contributed by atoms with Gasteiger partial charge in [-0.15, -0.1) is 0 Å². The van der Waals surface area contributed by atoms with E-state index in [2.05, 4.69) is 10.2 Å². The van der Waals surface area contributed by atoms with Gasteiger partial charge in [-0.3, -0.25) is 9.69 Å². The van der Waals surface area contributed by atoms with Gasteiger partial charge in [0.1, 0.15) is 5.76 Å². The minimum absolute atomic E-state index is 0.0592. The number of piperidine rings is 1. The van der Waals surface area contributed by atoms with E-state index >= 15 is 0 Å². The van der Waals surface area contributed by atoms with Crippen LogP contribution in [0.3, 0.4) is 0 Å². The van der Waals surface area contributed by atoms with E-state index in [0.29, 0.717) is 38.0 Å². The topological polar surface area (TPSA) is 76.8 Å². The third-order valence-electron chi connectivity index (χ3n) is 6.20. The highest BCUT2D eigenvalue weighted by Crippen LogP contribution is 2.27. The highest BCUT2D eigenvalue weighted by molar-refractivity contribution is 5.79. The maximum Gasteiger partial charge on any atom is 0.226 e. The van der Waals surface area contributed by atoms with E-state index in [0.717, 1.165) is 49.4 Å². The van der Waals surface area contributed by atoms with Crippen LogP contribution in [0.5, 0.6) is 0 Å². The molecule has 0 aliphatic carbocycles. The molecule has 0 saturated carbocycles. The van der Waals surface area contributed by atoms with Crippen molar-refractivity contribution in [3.8, 4) is 11.5 Å². The summed E-state index contributed by atoms with van der Waals surface area (Å²) in [6.45, 7) is 6.28. The van der Waals surface area contributed by atoms with Gasteiger partial charge >= 0.3 is 0 Å². The normalized spacial score (nSPS) is 24.4. The number of nitrogens with zero attached hydrogens (tertiary/aromatic N) is 2. The van der Waals surface area contributed by atoms with Gasteiger partial charge in [0.2, 0.25) is 11.8 Å². The molecule has 2 saturated heterocycles. The largest absolute Gasteiger partial charge is 0.441 e. The zero-order valence-electron chi connectivity index (χ0n) is 18.5. The number of hydrogen-bond donors (Lipinski definition) is 1. The molecule has 168 valence electrons. The number of oxazole rings is 1. The lowest BCUT2D eigenvalue weighted by atomic mass is 9.88. The first kappa shape index (κ1) is 22.0. The molecule has 0 bridgehead atoms. The molecule has 2 aliphatic rings. The Morgan fingerprint density at radius 3 is 2.87 bits per heavy atom. The van der Waals surface area contributed by atoms with E-state index in [4.69, 9.17) is 18.9 Å². The second-order valence-electron chi connectivity index (χ2n) is 8.72. The van der Waals surface area contributed by atoms with Gasteiger partial charge in [0.05, 0.1) is 24.3 Å². The van der Waals surface area contributed by atoms with Gasteiger partial charge in [-0.05, 0) is 44.2 Å². The first-order valence-corrected chi connectivity index (χ1v) is 11.2. The zero-order valence-corrected chi connectivity index (χ0v) is 18.5. The molecule has 1 N–H and O–H groups in total. The first-order valence-electron chi connectivity index (χ1n) is 11.2. The lowest BCUT2D eigenvalue weighted by Gasteiger charge is -2.36. The molecule has 3 atom stereocenters. The third kappa shape index (κ3) is 5.73. The van der Waals surface area contributed by atoms with Crippen molar-refractivity contribution in [3.63, 3.8) is 0 Å². The quantitative estimate of drug-likeness (QED) is 0.698. The van der Waals surface area contributed by atoms with Gasteiger partial charge in [-0.1, -0.05) is 18.2 Å². The average Bonchev–Trinajstić information content (AvgIpc) is 3.43. The summed E-state index contributed by atoms with van der Waals surface area (Å²) in [7, 11) is 1.72. The number of aromatic nitrogens is 1. The minimum Gasteiger partial charge on any atom is -0.441 e. The molecule has 31 heavy (non-hydrogen) atoms. The number of hydrogen-bond acceptors (Lipinski definition) is 6. The Labute approximate surface area is 184 Å². The van der Waals surface area contributed by atoms with Crippen LogP contribution in [0.2, 0.25) is 0 Å². The summed E-state index contributed by atoms with van der Waals surface area (Å²) in [4.78, 5) is 19.9. The lowest BCUT2D eigenvalue weighted by molar-refractivity contribution is -0.128. The molecule has 1 amide bonds. The van der Waals surface area contributed by atoms with Gasteiger partial charge in [0, 0.05) is 45.5 Å². The van der Waals surface area contributed by atoms with Crippen LogP contribution in [-0.4, -0.2) is 61.9 Å². The Morgan fingerprint density at radius 2 is 2.13 bits per heavy atom. The number of ether oxygens (including phenoxy) is 2. The molecule has 2 aliphatic heterocycles. The molecule has 3 heterocycles. The van der Waals surface area contributed by atoms with Crippen LogP contribution in [0, 0.1) is 18.8 Å². The number of methoxy groups -OCH3 is 1. The molecular weight excluding hydrogens is 394 g/mol. The Morgan fingerprint density at radius 1 is 1.29 bits per heavy atom. The van der Waals surface area contributed by atoms with E-state index < -0.39 is 0 Å². The van der Waals surface area contributed by atoms with Crippen molar-refractivity contribution in [1.29, 1.82) is 0 Å². The molecule has 1 aromatic heterocycles. The summed E-state index contributed by atoms with van der Waals surface area (Å²) in [6.07, 6.45) is 3.11. The lowest BCUT2D eigenvalue weighted by Crippen LogP contribution is -2.48. The second-order valence-corrected chi connectivity index (χ2v) is 8.72. The van der Waals surface area contributed by atoms with E-state index in [1.54, 1.807) is 7.11 Å². The summed E-state index contributed by atoms with van der Waals surface area (Å²) >= 11 is 0. The fourth-order valence-electron chi connectivity index (χ4n) is 4.63. The van der Waals surface area contributed by atoms with Crippen molar-refractivity contribution < 1.29 is 18.7 Å². The molecule has 1 aromatic carbocycles. The summed E-state index contributed by atoms with van der Waals surface area (Å²) in [5.74, 6) is 1.84. The number of amides is 1. The van der Waals surface area contributed by atoms with Crippen LogP contribution in [0.1, 0.15) is 30.7 Å². The number of benzene rings is 1. The number of carbonyl (C=O) groups excluding carboxylic acids is 1. The molecule has 7 heteroatoms. The van der Waals surface area contributed by atoms with Crippen molar-refractivity contribution >= 4 is 5.91 Å². The number of rotatable bonds is 8. The van der Waals surface area contributed by atoms with Crippen LogP contribution in [-0.2, 0) is 20.8 Å². The van der Waals surface area contributed by atoms with Crippen LogP contribution < -0.4 is 5.32 Å². The van der Waals surface area contributed by atoms with Crippen molar-refractivity contribution in [3.05, 3.63) is 41.8 Å². The Kier molecular flexibility index (Phi) is 7.37. The molecule has 0 unspecified atom stereocenters. The maximum absolute atomic E-state index is 12.9. The van der Waals surface area contributed by atoms with Crippen LogP contribution in [0.15, 0.2) is 34.7 Å². The van der Waals surface area contributed by atoms with Gasteiger partial charge in [-0.25, -0.2) is 4.98 Å². The van der Waals surface area contributed by atoms with Crippen molar-refractivity contribution in [2.24, 2.45) is 11.8 Å². The molecule has 0 spiro atoms. The van der Waals surface area contributed by atoms with Crippen LogP contribution in [0.25, 0.3) is 11.5 Å². The molecular formula is C24H33N3O4. The number of nitrogens with one attached hydrogen (secondary N) is 1. The standard InChI is InChI=1S/C24H33N3O4/c1-17-22(26-24(31-17)19-7-4-3-5-8-19)15-27-13-18(16-29-2)11-20(14-27)23(28)25-12-21-9-6-10-30-21/h3-5,7-8,18,20-21H,6,9-16H2,1-2H3,(H,25,28)/t18-,20+,21+/m0/s1. The number of aryl methyl sites for hydroxylation is 1. The summed E-state index contributed by atoms with van der Waals surface area (Å²) in [6, 6.07) is 9.94. The van der Waals surface area contributed by atoms with E-state index in [1.165, 1.54) is 0 Å². The highest BCUT2D eigenvalue weighted by atomic mass is 16.5. The maximum atomic E-state index is 12.9. The average molecular weight is 428 g/mol. The van der Waals surface area contributed by atoms with Gasteiger partial charge in [0.25, 0.3) is 0 Å². The molecule has 0 radical (unpaired) electrons. The van der Waals surface area contributed by atoms with E-state index in [9.17, 15) is 4.79 Å². The van der Waals surface area contributed by atoms with Crippen molar-refractivity contribution in [2.75, 3.05) is 40.0 Å². The Hall–Kier alpha value is -2.22. The molecule has 4 rings (SSSR count). The van der Waals surface area contributed by atoms with Crippen molar-refractivity contribution in [2.45, 2.75) is 38.8 Å². The van der Waals surface area contributed by atoms with Gasteiger partial charge in [-0.2, -0.15) is 0 Å².